The number of hydrogen-bond acceptors (Lipinski definition) is 1. The van der Waals surface area contributed by atoms with Gasteiger partial charge in [-0.1, -0.05) is 48.9 Å². The summed E-state index contributed by atoms with van der Waals surface area (Å²) in [6.45, 7) is 5.39. The molecule has 0 saturated heterocycles. The number of aryl methyl sites for hydroxylation is 1. The number of benzene rings is 2. The summed E-state index contributed by atoms with van der Waals surface area (Å²) in [6, 6.07) is 15.0. The van der Waals surface area contributed by atoms with Crippen LogP contribution in [0.1, 0.15) is 36.1 Å². The van der Waals surface area contributed by atoms with Crippen LogP contribution in [0.3, 0.4) is 0 Å². The summed E-state index contributed by atoms with van der Waals surface area (Å²) in [4.78, 5) is 0. The number of nitrogens with one attached hydrogen (secondary N) is 1. The van der Waals surface area contributed by atoms with Gasteiger partial charge >= 0.3 is 0 Å². The molecule has 2 aromatic carbocycles. The van der Waals surface area contributed by atoms with Gasteiger partial charge in [0.05, 0.1) is 0 Å². The molecule has 0 saturated carbocycles. The third-order valence-corrected chi connectivity index (χ3v) is 5.28. The zero-order valence-corrected chi connectivity index (χ0v) is 15.4. The third kappa shape index (κ3) is 4.70. The van der Waals surface area contributed by atoms with Crippen molar-refractivity contribution >= 4 is 34.2 Å². The standard InChI is InChI=1S/C18H21ClIN/c1-3-10-21-17(12-14-7-5-8-15(19)11-14)16-9-4-6-13(2)18(16)20/h4-9,11,17,21H,3,10,12H2,1-2H3. The molecule has 1 atom stereocenters. The van der Waals surface area contributed by atoms with Gasteiger partial charge in [-0.3, -0.25) is 0 Å². The Morgan fingerprint density at radius 1 is 1.19 bits per heavy atom. The minimum Gasteiger partial charge on any atom is -0.310 e. The predicted molar refractivity (Wildman–Crippen MR) is 100 cm³/mol. The molecule has 0 aliphatic carbocycles. The highest BCUT2D eigenvalue weighted by molar-refractivity contribution is 14.1. The Bertz CT molecular complexity index is 598. The van der Waals surface area contributed by atoms with Gasteiger partial charge in [0.1, 0.15) is 0 Å². The molecule has 1 nitrogen and oxygen atoms in total. The van der Waals surface area contributed by atoms with Crippen molar-refractivity contribution in [2.24, 2.45) is 0 Å². The zero-order valence-electron chi connectivity index (χ0n) is 12.5. The van der Waals surface area contributed by atoms with Gasteiger partial charge in [0.15, 0.2) is 0 Å². The second kappa shape index (κ2) is 8.16. The summed E-state index contributed by atoms with van der Waals surface area (Å²) in [5, 5.41) is 4.48. The van der Waals surface area contributed by atoms with E-state index in [0.717, 1.165) is 24.4 Å². The average Bonchev–Trinajstić information content (AvgIpc) is 2.47. The molecule has 0 spiro atoms. The highest BCUT2D eigenvalue weighted by Crippen LogP contribution is 2.26. The second-order valence-electron chi connectivity index (χ2n) is 5.32. The number of hydrogen-bond donors (Lipinski definition) is 1. The lowest BCUT2D eigenvalue weighted by Crippen LogP contribution is -2.25. The molecule has 1 N–H and O–H groups in total. The van der Waals surface area contributed by atoms with Gasteiger partial charge in [-0.05, 0) is 77.7 Å². The fourth-order valence-electron chi connectivity index (χ4n) is 2.45. The molecule has 0 heterocycles. The second-order valence-corrected chi connectivity index (χ2v) is 6.83. The minimum atomic E-state index is 0.329. The predicted octanol–water partition coefficient (Wildman–Crippen LogP) is 5.54. The molecule has 0 aliphatic heterocycles. The summed E-state index contributed by atoms with van der Waals surface area (Å²) < 4.78 is 1.35. The molecule has 0 amide bonds. The van der Waals surface area contributed by atoms with E-state index >= 15 is 0 Å². The van der Waals surface area contributed by atoms with Crippen LogP contribution in [0.4, 0.5) is 0 Å². The molecular formula is C18H21ClIN. The van der Waals surface area contributed by atoms with Crippen molar-refractivity contribution in [2.75, 3.05) is 6.54 Å². The van der Waals surface area contributed by atoms with Crippen LogP contribution in [0.2, 0.25) is 5.02 Å². The van der Waals surface area contributed by atoms with Gasteiger partial charge in [0.2, 0.25) is 0 Å². The van der Waals surface area contributed by atoms with Gasteiger partial charge in [0, 0.05) is 14.6 Å². The summed E-state index contributed by atoms with van der Waals surface area (Å²) in [5.74, 6) is 0. The Kier molecular flexibility index (Phi) is 6.52. The normalized spacial score (nSPS) is 12.4. The van der Waals surface area contributed by atoms with Crippen molar-refractivity contribution in [1.82, 2.24) is 5.32 Å². The Balaban J connectivity index is 2.27. The van der Waals surface area contributed by atoms with E-state index in [-0.39, 0.29) is 0 Å². The first kappa shape index (κ1) is 16.8. The van der Waals surface area contributed by atoms with Crippen LogP contribution in [0.25, 0.3) is 0 Å². The van der Waals surface area contributed by atoms with Gasteiger partial charge in [-0.2, -0.15) is 0 Å². The minimum absolute atomic E-state index is 0.329. The summed E-state index contributed by atoms with van der Waals surface area (Å²) in [6.07, 6.45) is 2.09. The van der Waals surface area contributed by atoms with Crippen LogP contribution in [-0.4, -0.2) is 6.54 Å². The molecule has 0 bridgehead atoms. The van der Waals surface area contributed by atoms with E-state index in [0.29, 0.717) is 6.04 Å². The van der Waals surface area contributed by atoms with Gasteiger partial charge in [-0.15, -0.1) is 0 Å². The lowest BCUT2D eigenvalue weighted by Gasteiger charge is -2.21. The van der Waals surface area contributed by atoms with Crippen molar-refractivity contribution in [2.45, 2.75) is 32.7 Å². The van der Waals surface area contributed by atoms with Crippen molar-refractivity contribution in [3.05, 3.63) is 67.7 Å². The van der Waals surface area contributed by atoms with E-state index < -0.39 is 0 Å². The summed E-state index contributed by atoms with van der Waals surface area (Å²) >= 11 is 8.57. The highest BCUT2D eigenvalue weighted by atomic mass is 127. The van der Waals surface area contributed by atoms with E-state index in [9.17, 15) is 0 Å². The fourth-order valence-corrected chi connectivity index (χ4v) is 3.40. The Morgan fingerprint density at radius 2 is 1.95 bits per heavy atom. The topological polar surface area (TPSA) is 12.0 Å². The number of rotatable bonds is 6. The molecule has 0 radical (unpaired) electrons. The van der Waals surface area contributed by atoms with E-state index in [4.69, 9.17) is 11.6 Å². The van der Waals surface area contributed by atoms with Crippen LogP contribution in [0.15, 0.2) is 42.5 Å². The summed E-state index contributed by atoms with van der Waals surface area (Å²) in [7, 11) is 0. The molecule has 2 rings (SSSR count). The van der Waals surface area contributed by atoms with Crippen LogP contribution in [0, 0.1) is 10.5 Å². The van der Waals surface area contributed by atoms with E-state index in [1.807, 2.05) is 12.1 Å². The lowest BCUT2D eigenvalue weighted by molar-refractivity contribution is 0.527. The van der Waals surface area contributed by atoms with Crippen LogP contribution >= 0.6 is 34.2 Å². The molecule has 0 fully saturated rings. The molecule has 3 heteroatoms. The van der Waals surface area contributed by atoms with Crippen molar-refractivity contribution in [3.63, 3.8) is 0 Å². The first-order valence-corrected chi connectivity index (χ1v) is 8.80. The first-order chi connectivity index (χ1) is 10.1. The van der Waals surface area contributed by atoms with Gasteiger partial charge in [-0.25, -0.2) is 0 Å². The Labute approximate surface area is 146 Å². The zero-order chi connectivity index (χ0) is 15.2. The van der Waals surface area contributed by atoms with E-state index in [1.54, 1.807) is 0 Å². The van der Waals surface area contributed by atoms with Crippen LogP contribution < -0.4 is 5.32 Å². The maximum atomic E-state index is 6.11. The molecule has 1 unspecified atom stereocenters. The summed E-state index contributed by atoms with van der Waals surface area (Å²) in [5.41, 5.74) is 3.99. The maximum Gasteiger partial charge on any atom is 0.0408 e. The number of halogens is 2. The largest absolute Gasteiger partial charge is 0.310 e. The lowest BCUT2D eigenvalue weighted by atomic mass is 9.97. The monoisotopic (exact) mass is 413 g/mol. The van der Waals surface area contributed by atoms with Crippen molar-refractivity contribution in [3.8, 4) is 0 Å². The SMILES string of the molecule is CCCNC(Cc1cccc(Cl)c1)c1cccc(C)c1I. The van der Waals surface area contributed by atoms with Gasteiger partial charge < -0.3 is 5.32 Å². The third-order valence-electron chi connectivity index (χ3n) is 3.57. The quantitative estimate of drug-likeness (QED) is 0.613. The molecule has 0 aliphatic rings. The van der Waals surface area contributed by atoms with Crippen LogP contribution in [-0.2, 0) is 6.42 Å². The fraction of sp³-hybridized carbons (Fsp3) is 0.333. The smallest absolute Gasteiger partial charge is 0.0408 e. The molecule has 2 aromatic rings. The Morgan fingerprint density at radius 3 is 2.67 bits per heavy atom. The average molecular weight is 414 g/mol. The van der Waals surface area contributed by atoms with Crippen molar-refractivity contribution in [1.29, 1.82) is 0 Å². The molecular weight excluding hydrogens is 393 g/mol. The Hall–Kier alpha value is -0.580. The highest BCUT2D eigenvalue weighted by Gasteiger charge is 2.15. The molecule has 112 valence electrons. The van der Waals surface area contributed by atoms with E-state index in [2.05, 4.69) is 72.1 Å². The molecule has 21 heavy (non-hydrogen) atoms. The van der Waals surface area contributed by atoms with E-state index in [1.165, 1.54) is 20.3 Å². The molecule has 0 aromatic heterocycles. The first-order valence-electron chi connectivity index (χ1n) is 7.34. The maximum absolute atomic E-state index is 6.11. The van der Waals surface area contributed by atoms with Crippen LogP contribution in [0.5, 0.6) is 0 Å². The van der Waals surface area contributed by atoms with Crippen molar-refractivity contribution < 1.29 is 0 Å². The van der Waals surface area contributed by atoms with Gasteiger partial charge in [0.25, 0.3) is 0 Å².